The fourth-order valence-electron chi connectivity index (χ4n) is 3.33. The van der Waals surface area contributed by atoms with Crippen LogP contribution in [0.2, 0.25) is 0 Å². The molecule has 4 heteroatoms. The minimum absolute atomic E-state index is 0.250. The smallest absolute Gasteiger partial charge is 0.124 e. The zero-order valence-corrected chi connectivity index (χ0v) is 13.2. The van der Waals surface area contributed by atoms with E-state index in [4.69, 9.17) is 4.74 Å². The summed E-state index contributed by atoms with van der Waals surface area (Å²) in [6.45, 7) is 10.2. The van der Waals surface area contributed by atoms with Crippen LogP contribution in [0.25, 0.3) is 0 Å². The lowest BCUT2D eigenvalue weighted by Gasteiger charge is -2.19. The first-order chi connectivity index (χ1) is 10.1. The number of para-hydroxylation sites is 1. The van der Waals surface area contributed by atoms with Crippen LogP contribution in [-0.2, 0) is 6.54 Å². The summed E-state index contributed by atoms with van der Waals surface area (Å²) in [4.78, 5) is 0. The summed E-state index contributed by atoms with van der Waals surface area (Å²) in [5.41, 5.74) is 4.92. The molecule has 2 atom stereocenters. The number of aromatic nitrogens is 2. The normalized spacial score (nSPS) is 18.4. The Kier molecular flexibility index (Phi) is 3.72. The van der Waals surface area contributed by atoms with E-state index in [1.54, 1.807) is 0 Å². The third kappa shape index (κ3) is 2.44. The third-order valence-electron chi connectivity index (χ3n) is 4.32. The zero-order valence-electron chi connectivity index (χ0n) is 13.2. The molecule has 0 fully saturated rings. The summed E-state index contributed by atoms with van der Waals surface area (Å²) in [7, 11) is 0. The molecule has 4 nitrogen and oxygen atoms in total. The molecule has 0 saturated heterocycles. The topological polar surface area (TPSA) is 39.1 Å². The largest absolute Gasteiger partial charge is 0.491 e. The van der Waals surface area contributed by atoms with E-state index in [9.17, 15) is 0 Å². The number of rotatable bonds is 4. The summed E-state index contributed by atoms with van der Waals surface area (Å²) in [6, 6.07) is 8.77. The van der Waals surface area contributed by atoms with Crippen molar-refractivity contribution in [3.63, 3.8) is 0 Å². The van der Waals surface area contributed by atoms with Crippen molar-refractivity contribution < 1.29 is 4.74 Å². The second-order valence-electron chi connectivity index (χ2n) is 5.69. The molecule has 0 bridgehead atoms. The molecule has 1 aromatic heterocycles. The quantitative estimate of drug-likeness (QED) is 0.936. The van der Waals surface area contributed by atoms with Gasteiger partial charge >= 0.3 is 0 Å². The van der Waals surface area contributed by atoms with Gasteiger partial charge < -0.3 is 10.1 Å². The van der Waals surface area contributed by atoms with E-state index < -0.39 is 0 Å². The van der Waals surface area contributed by atoms with E-state index >= 15 is 0 Å². The molecule has 21 heavy (non-hydrogen) atoms. The first-order valence-corrected chi connectivity index (χ1v) is 7.63. The number of hydrogen-bond donors (Lipinski definition) is 1. The van der Waals surface area contributed by atoms with Crippen LogP contribution in [0.1, 0.15) is 48.4 Å². The zero-order chi connectivity index (χ0) is 15.0. The molecule has 0 radical (unpaired) electrons. The summed E-state index contributed by atoms with van der Waals surface area (Å²) in [6.07, 6.45) is 0. The van der Waals surface area contributed by atoms with Gasteiger partial charge in [-0.2, -0.15) is 5.10 Å². The van der Waals surface area contributed by atoms with Gasteiger partial charge in [-0.15, -0.1) is 0 Å². The Hall–Kier alpha value is -1.81. The average Bonchev–Trinajstić information content (AvgIpc) is 3.00. The lowest BCUT2D eigenvalue weighted by molar-refractivity contribution is 0.300. The Morgan fingerprint density at radius 1 is 1.38 bits per heavy atom. The van der Waals surface area contributed by atoms with Crippen molar-refractivity contribution >= 4 is 0 Å². The third-order valence-corrected chi connectivity index (χ3v) is 4.32. The van der Waals surface area contributed by atoms with Gasteiger partial charge in [-0.05, 0) is 33.8 Å². The molecular formula is C17H23N3O. The predicted molar refractivity (Wildman–Crippen MR) is 83.6 cm³/mol. The Balaban J connectivity index is 1.82. The molecule has 2 heterocycles. The van der Waals surface area contributed by atoms with Gasteiger partial charge in [0.2, 0.25) is 0 Å². The molecule has 0 aliphatic carbocycles. The highest BCUT2D eigenvalue weighted by atomic mass is 16.5. The fourth-order valence-corrected chi connectivity index (χ4v) is 3.33. The second kappa shape index (κ2) is 5.53. The summed E-state index contributed by atoms with van der Waals surface area (Å²) in [5.74, 6) is 1.000. The summed E-state index contributed by atoms with van der Waals surface area (Å²) >= 11 is 0. The van der Waals surface area contributed by atoms with Crippen molar-refractivity contribution in [2.45, 2.75) is 46.3 Å². The monoisotopic (exact) mass is 285 g/mol. The molecule has 0 amide bonds. The van der Waals surface area contributed by atoms with E-state index in [0.29, 0.717) is 6.61 Å². The lowest BCUT2D eigenvalue weighted by atomic mass is 10.0. The van der Waals surface area contributed by atoms with Crippen molar-refractivity contribution in [3.8, 4) is 5.75 Å². The highest BCUT2D eigenvalue weighted by molar-refractivity contribution is 5.39. The van der Waals surface area contributed by atoms with Gasteiger partial charge in [-0.3, -0.25) is 4.68 Å². The average molecular weight is 285 g/mol. The predicted octanol–water partition coefficient (Wildman–Crippen LogP) is 3.30. The van der Waals surface area contributed by atoms with E-state index in [-0.39, 0.29) is 12.1 Å². The SMILES string of the molecule is CCn1nc(C)c(C(C)NC2COc3ccccc32)c1C. The van der Waals surface area contributed by atoms with Gasteiger partial charge in [-0.1, -0.05) is 18.2 Å². The maximum Gasteiger partial charge on any atom is 0.124 e. The maximum atomic E-state index is 5.75. The minimum Gasteiger partial charge on any atom is -0.491 e. The fraction of sp³-hybridized carbons (Fsp3) is 0.471. The van der Waals surface area contributed by atoms with E-state index in [1.807, 2.05) is 12.1 Å². The highest BCUT2D eigenvalue weighted by Crippen LogP contribution is 2.34. The number of benzene rings is 1. The summed E-state index contributed by atoms with van der Waals surface area (Å²) in [5, 5.41) is 8.31. The molecular weight excluding hydrogens is 262 g/mol. The van der Waals surface area contributed by atoms with Crippen molar-refractivity contribution in [2.75, 3.05) is 6.61 Å². The molecule has 3 rings (SSSR count). The molecule has 0 saturated carbocycles. The van der Waals surface area contributed by atoms with Crippen LogP contribution < -0.4 is 10.1 Å². The Bertz CT molecular complexity index is 647. The van der Waals surface area contributed by atoms with Crippen LogP contribution in [0.15, 0.2) is 24.3 Å². The molecule has 0 spiro atoms. The van der Waals surface area contributed by atoms with Crippen LogP contribution in [0.4, 0.5) is 0 Å². The van der Waals surface area contributed by atoms with Gasteiger partial charge in [0, 0.05) is 29.4 Å². The van der Waals surface area contributed by atoms with Gasteiger partial charge in [0.25, 0.3) is 0 Å². The Morgan fingerprint density at radius 2 is 2.14 bits per heavy atom. The van der Waals surface area contributed by atoms with Crippen molar-refractivity contribution in [3.05, 3.63) is 46.8 Å². The summed E-state index contributed by atoms with van der Waals surface area (Å²) < 4.78 is 7.82. The number of ether oxygens (including phenoxy) is 1. The minimum atomic E-state index is 0.250. The molecule has 2 unspecified atom stereocenters. The standard InChI is InChI=1S/C17H23N3O/c1-5-20-13(4)17(12(3)19-20)11(2)18-15-10-21-16-9-7-6-8-14(15)16/h6-9,11,15,18H,5,10H2,1-4H3. The lowest BCUT2D eigenvalue weighted by Crippen LogP contribution is -2.26. The second-order valence-corrected chi connectivity index (χ2v) is 5.69. The van der Waals surface area contributed by atoms with E-state index in [0.717, 1.165) is 18.0 Å². The van der Waals surface area contributed by atoms with Gasteiger partial charge in [-0.25, -0.2) is 0 Å². The van der Waals surface area contributed by atoms with Gasteiger partial charge in [0.1, 0.15) is 12.4 Å². The first-order valence-electron chi connectivity index (χ1n) is 7.63. The van der Waals surface area contributed by atoms with Crippen molar-refractivity contribution in [2.24, 2.45) is 0 Å². The highest BCUT2D eigenvalue weighted by Gasteiger charge is 2.27. The molecule has 1 aliphatic heterocycles. The number of fused-ring (bicyclic) bond motifs is 1. The Labute approximate surface area is 126 Å². The molecule has 1 N–H and O–H groups in total. The van der Waals surface area contributed by atoms with Crippen LogP contribution in [0.5, 0.6) is 5.75 Å². The van der Waals surface area contributed by atoms with Gasteiger partial charge in [0.15, 0.2) is 0 Å². The van der Waals surface area contributed by atoms with Crippen molar-refractivity contribution in [1.82, 2.24) is 15.1 Å². The maximum absolute atomic E-state index is 5.75. The van der Waals surface area contributed by atoms with Gasteiger partial charge in [0.05, 0.1) is 11.7 Å². The Morgan fingerprint density at radius 3 is 2.86 bits per heavy atom. The van der Waals surface area contributed by atoms with Crippen LogP contribution >= 0.6 is 0 Å². The molecule has 1 aromatic carbocycles. The number of nitrogens with one attached hydrogen (secondary N) is 1. The molecule has 1 aliphatic rings. The van der Waals surface area contributed by atoms with E-state index in [1.165, 1.54) is 16.8 Å². The number of nitrogens with zero attached hydrogens (tertiary/aromatic N) is 2. The number of hydrogen-bond acceptors (Lipinski definition) is 3. The van der Waals surface area contributed by atoms with Crippen LogP contribution in [0, 0.1) is 13.8 Å². The molecule has 2 aromatic rings. The first kappa shape index (κ1) is 14.1. The molecule has 112 valence electrons. The number of aryl methyl sites for hydroxylation is 2. The van der Waals surface area contributed by atoms with Crippen LogP contribution in [0.3, 0.4) is 0 Å². The van der Waals surface area contributed by atoms with E-state index in [2.05, 4.69) is 54.9 Å². The van der Waals surface area contributed by atoms with Crippen LogP contribution in [-0.4, -0.2) is 16.4 Å². The van der Waals surface area contributed by atoms with Crippen molar-refractivity contribution in [1.29, 1.82) is 0 Å².